The van der Waals surface area contributed by atoms with Crippen LogP contribution in [-0.4, -0.2) is 15.0 Å². The Bertz CT molecular complexity index is 1640. The molecule has 187 valence electrons. The zero-order valence-corrected chi connectivity index (χ0v) is 23.9. The monoisotopic (exact) mass is 662 g/mol. The zero-order valence-electron chi connectivity index (χ0n) is 21.5. The van der Waals surface area contributed by atoms with Crippen molar-refractivity contribution in [2.75, 3.05) is 0 Å². The van der Waals surface area contributed by atoms with Gasteiger partial charge in [-0.1, -0.05) is 72.1 Å². The Kier molecular flexibility index (Phi) is 7.97. The molecule has 37 heavy (non-hydrogen) atoms. The molecule has 0 saturated carbocycles. The summed E-state index contributed by atoms with van der Waals surface area (Å²) in [7, 11) is 0. The van der Waals surface area contributed by atoms with Crippen molar-refractivity contribution in [3.05, 3.63) is 113 Å². The fourth-order valence-corrected chi connectivity index (χ4v) is 3.99. The van der Waals surface area contributed by atoms with E-state index in [1.807, 2.05) is 49.6 Å². The van der Waals surface area contributed by atoms with Gasteiger partial charge >= 0.3 is 0 Å². The molecule has 0 aliphatic rings. The van der Waals surface area contributed by atoms with Crippen LogP contribution in [0.15, 0.2) is 77.8 Å². The summed E-state index contributed by atoms with van der Waals surface area (Å²) in [5, 5.41) is 1.93. The van der Waals surface area contributed by atoms with E-state index in [2.05, 4.69) is 73.0 Å². The number of furan rings is 1. The van der Waals surface area contributed by atoms with Crippen molar-refractivity contribution in [1.82, 2.24) is 15.0 Å². The van der Waals surface area contributed by atoms with Crippen LogP contribution in [-0.2, 0) is 20.1 Å². The summed E-state index contributed by atoms with van der Waals surface area (Å²) < 4.78 is 5.53. The molecule has 4 heterocycles. The van der Waals surface area contributed by atoms with Crippen LogP contribution < -0.4 is 0 Å². The zero-order chi connectivity index (χ0) is 25.2. The van der Waals surface area contributed by atoms with Gasteiger partial charge in [0.05, 0.1) is 5.58 Å². The summed E-state index contributed by atoms with van der Waals surface area (Å²) in [4.78, 5) is 13.4. The van der Waals surface area contributed by atoms with Gasteiger partial charge in [0, 0.05) is 56.2 Å². The second-order valence-electron chi connectivity index (χ2n) is 9.15. The van der Waals surface area contributed by atoms with Crippen molar-refractivity contribution in [2.24, 2.45) is 0 Å². The fraction of sp³-hybridized carbons (Fsp3) is 0.156. The van der Waals surface area contributed by atoms with Gasteiger partial charge < -0.3 is 9.40 Å². The first-order valence-electron chi connectivity index (χ1n) is 11.9. The third-order valence-electron chi connectivity index (χ3n) is 6.46. The van der Waals surface area contributed by atoms with E-state index < -0.39 is 0 Å². The van der Waals surface area contributed by atoms with E-state index in [-0.39, 0.29) is 20.1 Å². The Labute approximate surface area is 231 Å². The van der Waals surface area contributed by atoms with Gasteiger partial charge in [-0.3, -0.25) is 9.97 Å². The molecule has 0 saturated heterocycles. The number of benzene rings is 2. The number of aromatic nitrogens is 3. The number of nitrogens with zero attached hydrogens (tertiary/aromatic N) is 3. The summed E-state index contributed by atoms with van der Waals surface area (Å²) in [6.45, 7) is 10.4. The van der Waals surface area contributed by atoms with Gasteiger partial charge in [-0.2, -0.15) is 0 Å². The summed E-state index contributed by atoms with van der Waals surface area (Å²) >= 11 is 0. The minimum atomic E-state index is 0. The largest absolute Gasteiger partial charge is 0.506 e. The van der Waals surface area contributed by atoms with Crippen molar-refractivity contribution in [3.63, 3.8) is 0 Å². The Hall–Kier alpha value is -3.66. The van der Waals surface area contributed by atoms with Crippen molar-refractivity contribution in [1.29, 1.82) is 0 Å². The molecule has 5 heteroatoms. The molecule has 0 amide bonds. The van der Waals surface area contributed by atoms with Crippen LogP contribution in [0.5, 0.6) is 0 Å². The molecular weight excluding hydrogens is 635 g/mol. The molecule has 6 aromatic rings. The normalized spacial score (nSPS) is 10.6. The minimum Gasteiger partial charge on any atom is -0.506 e. The van der Waals surface area contributed by atoms with E-state index >= 15 is 0 Å². The third kappa shape index (κ3) is 5.53. The average Bonchev–Trinajstić information content (AvgIpc) is 3.37. The first-order chi connectivity index (χ1) is 17.4. The quantitative estimate of drug-likeness (QED) is 0.177. The summed E-state index contributed by atoms with van der Waals surface area (Å²) in [5.74, 6) is 0. The molecule has 0 bridgehead atoms. The van der Waals surface area contributed by atoms with E-state index in [0.717, 1.165) is 50.0 Å². The van der Waals surface area contributed by atoms with Crippen LogP contribution in [0.4, 0.5) is 0 Å². The van der Waals surface area contributed by atoms with Crippen LogP contribution in [0.25, 0.3) is 44.4 Å². The maximum Gasteiger partial charge on any atom is 0.0847 e. The molecule has 0 N–H and O–H groups in total. The van der Waals surface area contributed by atoms with Crippen molar-refractivity contribution >= 4 is 21.9 Å². The number of pyridine rings is 3. The number of aryl methyl sites for hydroxylation is 5. The molecule has 6 rings (SSSR count). The van der Waals surface area contributed by atoms with Crippen molar-refractivity contribution in [3.8, 4) is 22.5 Å². The molecule has 0 spiro atoms. The van der Waals surface area contributed by atoms with Gasteiger partial charge in [-0.15, -0.1) is 41.0 Å². The van der Waals surface area contributed by atoms with Crippen LogP contribution in [0, 0.1) is 46.8 Å². The van der Waals surface area contributed by atoms with E-state index in [1.54, 1.807) is 12.5 Å². The maximum atomic E-state index is 5.53. The Morgan fingerprint density at radius 2 is 1.54 bits per heavy atom. The van der Waals surface area contributed by atoms with Gasteiger partial charge in [0.1, 0.15) is 0 Å². The van der Waals surface area contributed by atoms with Crippen molar-refractivity contribution < 1.29 is 24.5 Å². The molecule has 0 unspecified atom stereocenters. The number of hydrogen-bond acceptors (Lipinski definition) is 4. The van der Waals surface area contributed by atoms with Crippen molar-refractivity contribution in [2.45, 2.75) is 34.6 Å². The molecule has 4 nitrogen and oxygen atoms in total. The maximum absolute atomic E-state index is 5.53. The van der Waals surface area contributed by atoms with E-state index in [9.17, 15) is 0 Å². The molecule has 1 radical (unpaired) electrons. The van der Waals surface area contributed by atoms with Gasteiger partial charge in [-0.25, -0.2) is 0 Å². The Morgan fingerprint density at radius 1 is 0.757 bits per heavy atom. The summed E-state index contributed by atoms with van der Waals surface area (Å²) in [6, 6.07) is 22.9. The number of hydrogen-bond donors (Lipinski definition) is 0. The topological polar surface area (TPSA) is 51.8 Å². The first kappa shape index (κ1) is 26.4. The van der Waals surface area contributed by atoms with Gasteiger partial charge in [0.15, 0.2) is 0 Å². The second kappa shape index (κ2) is 11.2. The average molecular weight is 662 g/mol. The SMILES string of the molecule is Cc1c[c-]c(-c2cc(C)c(C)cn2)cc1C.Cc1ccc(-c2[c-]c3ccoc3c3ncccc23)nc1.[Ir]. The predicted molar refractivity (Wildman–Crippen MR) is 146 cm³/mol. The van der Waals surface area contributed by atoms with Crippen LogP contribution in [0.3, 0.4) is 0 Å². The number of fused-ring (bicyclic) bond motifs is 3. The van der Waals surface area contributed by atoms with Crippen LogP contribution >= 0.6 is 0 Å². The fourth-order valence-electron chi connectivity index (χ4n) is 3.99. The predicted octanol–water partition coefficient (Wildman–Crippen LogP) is 7.93. The smallest absolute Gasteiger partial charge is 0.0847 e. The summed E-state index contributed by atoms with van der Waals surface area (Å²) in [6.07, 6.45) is 7.23. The van der Waals surface area contributed by atoms with E-state index in [4.69, 9.17) is 4.42 Å². The van der Waals surface area contributed by atoms with Gasteiger partial charge in [0.25, 0.3) is 0 Å². The molecule has 0 aliphatic carbocycles. The first-order valence-corrected chi connectivity index (χ1v) is 11.9. The molecule has 0 fully saturated rings. The van der Waals surface area contributed by atoms with Crippen LogP contribution in [0.1, 0.15) is 27.8 Å². The minimum absolute atomic E-state index is 0. The Morgan fingerprint density at radius 3 is 2.27 bits per heavy atom. The molecule has 2 aromatic carbocycles. The molecule has 4 aromatic heterocycles. The second-order valence-corrected chi connectivity index (χ2v) is 9.15. The molecule has 0 aliphatic heterocycles. The van der Waals surface area contributed by atoms with Gasteiger partial charge in [0.2, 0.25) is 0 Å². The Balaban J connectivity index is 0.000000173. The van der Waals surface area contributed by atoms with E-state index in [0.29, 0.717) is 0 Å². The standard InChI is InChI=1S/C17H11N2O.C15H16N.Ir/c1-11-4-5-15(19-10-11)14-9-12-6-8-20-17(12)16-13(14)3-2-7-18-16;1-10-5-6-14(7-11(10)2)15-8-12(3)13(4)9-16-15;/h2-8,10H,1H3;5,7-9H,1-4H3;/q2*-1;. The number of rotatable bonds is 2. The molecular formula is C32H27IrN3O-2. The van der Waals surface area contributed by atoms with Gasteiger partial charge in [-0.05, 0) is 37.6 Å². The van der Waals surface area contributed by atoms with Crippen LogP contribution in [0.2, 0.25) is 0 Å². The summed E-state index contributed by atoms with van der Waals surface area (Å²) in [5.41, 5.74) is 11.8. The van der Waals surface area contributed by atoms with E-state index in [1.165, 1.54) is 22.3 Å². The molecule has 0 atom stereocenters. The third-order valence-corrected chi connectivity index (χ3v) is 6.46.